The summed E-state index contributed by atoms with van der Waals surface area (Å²) < 4.78 is 8.92. The Morgan fingerprint density at radius 2 is 2.16 bits per heavy atom. The van der Waals surface area contributed by atoms with Gasteiger partial charge in [-0.3, -0.25) is 0 Å². The topological polar surface area (TPSA) is 97.5 Å². The largest absolute Gasteiger partial charge is 0.462 e. The summed E-state index contributed by atoms with van der Waals surface area (Å²) in [6, 6.07) is 0. The number of aliphatic hydroxyl groups is 1. The molecule has 0 aromatic carbocycles. The number of ether oxygens (including phenoxy) is 1. The third-order valence-corrected chi connectivity index (χ3v) is 3.39. The molecule has 0 bridgehead atoms. The van der Waals surface area contributed by atoms with E-state index in [1.807, 2.05) is 0 Å². The Hall–Kier alpha value is -1.34. The molecule has 0 fully saturated rings. The van der Waals surface area contributed by atoms with Crippen LogP contribution in [0.25, 0.3) is 0 Å². The minimum absolute atomic E-state index is 0.214. The Labute approximate surface area is 117 Å². The number of hydrogen-bond donors (Lipinski definition) is 3. The standard InChI is InChI=1S/C12H21N3O3S/c1-2-18-12(17)9-10(13)15-19-11(9)14-7-5-3-4-6-8-16/h14,16H,2-8H2,1H3,(H2,13,15). The fraction of sp³-hybridized carbons (Fsp3) is 0.667. The second-order valence-corrected chi connectivity index (χ2v) is 4.83. The van der Waals surface area contributed by atoms with Crippen molar-refractivity contribution in [3.63, 3.8) is 0 Å². The zero-order valence-corrected chi connectivity index (χ0v) is 12.0. The molecule has 0 atom stereocenters. The van der Waals surface area contributed by atoms with Crippen LogP contribution in [0.4, 0.5) is 10.8 Å². The van der Waals surface area contributed by atoms with Gasteiger partial charge in [0.1, 0.15) is 10.6 Å². The lowest BCUT2D eigenvalue weighted by Gasteiger charge is -2.06. The summed E-state index contributed by atoms with van der Waals surface area (Å²) in [5.74, 6) is -0.220. The molecule has 1 aromatic rings. The lowest BCUT2D eigenvalue weighted by atomic mass is 10.2. The summed E-state index contributed by atoms with van der Waals surface area (Å²) in [6.07, 6.45) is 3.85. The predicted molar refractivity (Wildman–Crippen MR) is 76.5 cm³/mol. The van der Waals surface area contributed by atoms with Crippen molar-refractivity contribution < 1.29 is 14.6 Å². The molecule has 19 heavy (non-hydrogen) atoms. The third kappa shape index (κ3) is 5.04. The van der Waals surface area contributed by atoms with Gasteiger partial charge in [-0.1, -0.05) is 12.8 Å². The van der Waals surface area contributed by atoms with Gasteiger partial charge in [0.2, 0.25) is 0 Å². The summed E-state index contributed by atoms with van der Waals surface area (Å²) >= 11 is 1.17. The van der Waals surface area contributed by atoms with E-state index in [0.717, 1.165) is 32.2 Å². The second-order valence-electron chi connectivity index (χ2n) is 4.06. The van der Waals surface area contributed by atoms with Gasteiger partial charge in [0.25, 0.3) is 0 Å². The van der Waals surface area contributed by atoms with Gasteiger partial charge in [-0.15, -0.1) is 0 Å². The normalized spacial score (nSPS) is 10.4. The molecule has 0 aliphatic heterocycles. The molecule has 0 saturated carbocycles. The van der Waals surface area contributed by atoms with Crippen molar-refractivity contribution in [2.24, 2.45) is 0 Å². The highest BCUT2D eigenvalue weighted by Gasteiger charge is 2.19. The number of nitrogens with one attached hydrogen (secondary N) is 1. The van der Waals surface area contributed by atoms with Crippen LogP contribution in [0.2, 0.25) is 0 Å². The lowest BCUT2D eigenvalue weighted by molar-refractivity contribution is 0.0529. The van der Waals surface area contributed by atoms with Crippen molar-refractivity contribution in [1.29, 1.82) is 0 Å². The van der Waals surface area contributed by atoms with E-state index in [1.54, 1.807) is 6.92 Å². The van der Waals surface area contributed by atoms with E-state index in [0.29, 0.717) is 17.2 Å². The number of anilines is 2. The van der Waals surface area contributed by atoms with Gasteiger partial charge in [-0.2, -0.15) is 4.37 Å². The highest BCUT2D eigenvalue weighted by molar-refractivity contribution is 7.11. The number of nitrogens with two attached hydrogens (primary N) is 1. The monoisotopic (exact) mass is 287 g/mol. The summed E-state index contributed by atoms with van der Waals surface area (Å²) in [4.78, 5) is 11.7. The Bertz CT molecular complexity index is 396. The SMILES string of the molecule is CCOC(=O)c1c(N)nsc1NCCCCCCO. The van der Waals surface area contributed by atoms with Gasteiger partial charge in [-0.05, 0) is 31.3 Å². The first-order valence-electron chi connectivity index (χ1n) is 6.47. The highest BCUT2D eigenvalue weighted by atomic mass is 32.1. The van der Waals surface area contributed by atoms with E-state index in [1.165, 1.54) is 11.5 Å². The maximum atomic E-state index is 11.7. The maximum absolute atomic E-state index is 11.7. The van der Waals surface area contributed by atoms with Crippen LogP contribution in [0, 0.1) is 0 Å². The van der Waals surface area contributed by atoms with Crippen molar-refractivity contribution in [1.82, 2.24) is 4.37 Å². The van der Waals surface area contributed by atoms with Crippen molar-refractivity contribution >= 4 is 28.3 Å². The molecule has 6 nitrogen and oxygen atoms in total. The predicted octanol–water partition coefficient (Wildman–Crippen LogP) is 1.87. The Morgan fingerprint density at radius 3 is 2.84 bits per heavy atom. The Balaban J connectivity index is 2.43. The average molecular weight is 287 g/mol. The molecule has 7 heteroatoms. The van der Waals surface area contributed by atoms with Crippen LogP contribution in [0.15, 0.2) is 0 Å². The van der Waals surface area contributed by atoms with Crippen LogP contribution >= 0.6 is 11.5 Å². The van der Waals surface area contributed by atoms with Crippen molar-refractivity contribution in [3.05, 3.63) is 5.56 Å². The number of esters is 1. The Kier molecular flexibility index (Phi) is 7.20. The molecule has 108 valence electrons. The maximum Gasteiger partial charge on any atom is 0.344 e. The van der Waals surface area contributed by atoms with Gasteiger partial charge in [-0.25, -0.2) is 4.79 Å². The van der Waals surface area contributed by atoms with Crippen LogP contribution in [0.3, 0.4) is 0 Å². The number of rotatable bonds is 9. The number of hydrogen-bond acceptors (Lipinski definition) is 7. The summed E-state index contributed by atoms with van der Waals surface area (Å²) in [5, 5.41) is 12.5. The van der Waals surface area contributed by atoms with Crippen LogP contribution in [-0.2, 0) is 4.74 Å². The highest BCUT2D eigenvalue weighted by Crippen LogP contribution is 2.27. The van der Waals surface area contributed by atoms with Crippen LogP contribution in [0.5, 0.6) is 0 Å². The first-order chi connectivity index (χ1) is 9.20. The number of nitrogens with zero attached hydrogens (tertiary/aromatic N) is 1. The van der Waals surface area contributed by atoms with Crippen molar-refractivity contribution in [3.8, 4) is 0 Å². The molecule has 0 saturated heterocycles. The molecule has 0 aliphatic carbocycles. The smallest absolute Gasteiger partial charge is 0.344 e. The molecule has 0 amide bonds. The molecular weight excluding hydrogens is 266 g/mol. The van der Waals surface area contributed by atoms with Crippen LogP contribution in [-0.4, -0.2) is 35.2 Å². The third-order valence-electron chi connectivity index (χ3n) is 2.57. The quantitative estimate of drug-likeness (QED) is 0.474. The van der Waals surface area contributed by atoms with Crippen molar-refractivity contribution in [2.45, 2.75) is 32.6 Å². The fourth-order valence-electron chi connectivity index (χ4n) is 1.62. The molecule has 1 aromatic heterocycles. The molecular formula is C12H21N3O3S. The van der Waals surface area contributed by atoms with Crippen molar-refractivity contribution in [2.75, 3.05) is 30.8 Å². The average Bonchev–Trinajstić information content (AvgIpc) is 2.75. The van der Waals surface area contributed by atoms with Gasteiger partial charge < -0.3 is 20.9 Å². The molecule has 0 spiro atoms. The second kappa shape index (κ2) is 8.71. The van der Waals surface area contributed by atoms with E-state index < -0.39 is 5.97 Å². The molecule has 0 aliphatic rings. The summed E-state index contributed by atoms with van der Waals surface area (Å²) in [7, 11) is 0. The summed E-state index contributed by atoms with van der Waals surface area (Å²) in [5.41, 5.74) is 6.01. The van der Waals surface area contributed by atoms with E-state index in [-0.39, 0.29) is 12.4 Å². The van der Waals surface area contributed by atoms with E-state index in [9.17, 15) is 4.79 Å². The van der Waals surface area contributed by atoms with E-state index in [2.05, 4.69) is 9.69 Å². The van der Waals surface area contributed by atoms with E-state index in [4.69, 9.17) is 15.6 Å². The molecule has 1 heterocycles. The molecule has 4 N–H and O–H groups in total. The van der Waals surface area contributed by atoms with E-state index >= 15 is 0 Å². The van der Waals surface area contributed by atoms with Gasteiger partial charge >= 0.3 is 5.97 Å². The first-order valence-corrected chi connectivity index (χ1v) is 7.25. The lowest BCUT2D eigenvalue weighted by Crippen LogP contribution is -2.10. The zero-order chi connectivity index (χ0) is 14.1. The number of unbranched alkanes of at least 4 members (excludes halogenated alkanes) is 3. The first kappa shape index (κ1) is 15.7. The van der Waals surface area contributed by atoms with Crippen LogP contribution in [0.1, 0.15) is 43.0 Å². The minimum atomic E-state index is -0.434. The number of aliphatic hydroxyl groups excluding tert-OH is 1. The molecule has 0 unspecified atom stereocenters. The van der Waals surface area contributed by atoms with Gasteiger partial charge in [0.15, 0.2) is 5.82 Å². The van der Waals surface area contributed by atoms with Gasteiger partial charge in [0.05, 0.1) is 6.61 Å². The number of nitrogen functional groups attached to an aromatic ring is 1. The number of carbonyl (C=O) groups excluding carboxylic acids is 1. The number of aromatic nitrogens is 1. The minimum Gasteiger partial charge on any atom is -0.462 e. The summed E-state index contributed by atoms with van der Waals surface area (Å²) in [6.45, 7) is 3.06. The molecule has 1 rings (SSSR count). The molecule has 0 radical (unpaired) electrons. The zero-order valence-electron chi connectivity index (χ0n) is 11.1. The van der Waals surface area contributed by atoms with Gasteiger partial charge in [0, 0.05) is 13.2 Å². The Morgan fingerprint density at radius 1 is 1.42 bits per heavy atom. The van der Waals surface area contributed by atoms with Crippen LogP contribution < -0.4 is 11.1 Å². The number of carbonyl (C=O) groups is 1. The fourth-order valence-corrected chi connectivity index (χ4v) is 2.34.